The molecule has 0 aromatic carbocycles. The standard InChI is InChI=1S/C14H26N2O4/c1-13-4-14(2)7-15(5-13)12(16(6-13)8-14)11(20)10(19)9(18)3-17/h9-12,17-20H,3-8H2,1-2H3/p+2/t9-,10-,11+,12?,13?,14?/m1/s1. The van der Waals surface area contributed by atoms with Gasteiger partial charge in [-0.15, -0.1) is 0 Å². The molecule has 0 aromatic rings. The van der Waals surface area contributed by atoms with Crippen LogP contribution in [-0.2, 0) is 0 Å². The molecule has 6 N–H and O–H groups in total. The van der Waals surface area contributed by atoms with Gasteiger partial charge in [-0.2, -0.15) is 0 Å². The fourth-order valence-electron chi connectivity index (χ4n) is 5.47. The second kappa shape index (κ2) is 4.63. The summed E-state index contributed by atoms with van der Waals surface area (Å²) in [6.45, 7) is 8.22. The third-order valence-electron chi connectivity index (χ3n) is 5.62. The number of piperidine rings is 2. The molecule has 116 valence electrons. The highest BCUT2D eigenvalue weighted by atomic mass is 16.4. The fraction of sp³-hybridized carbons (Fsp3) is 1.00. The van der Waals surface area contributed by atoms with Crippen LogP contribution in [-0.4, -0.2) is 77.7 Å². The lowest BCUT2D eigenvalue weighted by atomic mass is 9.63. The molecule has 6 heteroatoms. The van der Waals surface area contributed by atoms with Gasteiger partial charge in [-0.3, -0.25) is 9.80 Å². The van der Waals surface area contributed by atoms with E-state index in [-0.39, 0.29) is 6.17 Å². The van der Waals surface area contributed by atoms with Crippen molar-refractivity contribution in [2.45, 2.75) is 44.7 Å². The van der Waals surface area contributed by atoms with Gasteiger partial charge in [-0.1, -0.05) is 0 Å². The van der Waals surface area contributed by atoms with Crippen molar-refractivity contribution in [2.75, 3.05) is 32.8 Å². The molecule has 3 atom stereocenters. The predicted molar refractivity (Wildman–Crippen MR) is 71.1 cm³/mol. The van der Waals surface area contributed by atoms with E-state index in [1.54, 1.807) is 0 Å². The van der Waals surface area contributed by atoms with Crippen molar-refractivity contribution in [3.63, 3.8) is 0 Å². The summed E-state index contributed by atoms with van der Waals surface area (Å²) in [5, 5.41) is 39.0. The average molecular weight is 288 g/mol. The summed E-state index contributed by atoms with van der Waals surface area (Å²) in [5.74, 6) is 0. The quantitative estimate of drug-likeness (QED) is 0.315. The van der Waals surface area contributed by atoms with Crippen molar-refractivity contribution in [3.8, 4) is 0 Å². The Labute approximate surface area is 119 Å². The van der Waals surface area contributed by atoms with Crippen LogP contribution in [0.3, 0.4) is 0 Å². The van der Waals surface area contributed by atoms with E-state index in [1.807, 2.05) is 0 Å². The summed E-state index contributed by atoms with van der Waals surface area (Å²) in [5.41, 5.74) is 0.652. The summed E-state index contributed by atoms with van der Waals surface area (Å²) in [6, 6.07) is 0. The van der Waals surface area contributed by atoms with Crippen LogP contribution in [0.25, 0.3) is 0 Å². The predicted octanol–water partition coefficient (Wildman–Crippen LogP) is -4.40. The number of nitrogens with one attached hydrogen (secondary N) is 2. The first kappa shape index (κ1) is 14.7. The van der Waals surface area contributed by atoms with Crippen LogP contribution in [0.2, 0.25) is 0 Å². The third-order valence-corrected chi connectivity index (χ3v) is 5.62. The molecular weight excluding hydrogens is 260 g/mol. The summed E-state index contributed by atoms with van der Waals surface area (Å²) in [6.07, 6.45) is -2.38. The molecule has 20 heavy (non-hydrogen) atoms. The smallest absolute Gasteiger partial charge is 0.242 e. The summed E-state index contributed by atoms with van der Waals surface area (Å²) in [4.78, 5) is 2.68. The minimum absolute atomic E-state index is 0.0901. The second-order valence-electron chi connectivity index (χ2n) is 8.03. The molecule has 6 nitrogen and oxygen atoms in total. The number of hydrogen-bond donors (Lipinski definition) is 6. The Hall–Kier alpha value is -0.240. The Morgan fingerprint density at radius 1 is 1.00 bits per heavy atom. The van der Waals surface area contributed by atoms with E-state index in [4.69, 9.17) is 5.11 Å². The van der Waals surface area contributed by atoms with Gasteiger partial charge >= 0.3 is 0 Å². The fourth-order valence-corrected chi connectivity index (χ4v) is 5.47. The Bertz CT molecular complexity index is 355. The molecule has 4 fully saturated rings. The van der Waals surface area contributed by atoms with E-state index in [0.29, 0.717) is 10.8 Å². The van der Waals surface area contributed by atoms with Gasteiger partial charge in [0.2, 0.25) is 6.17 Å². The van der Waals surface area contributed by atoms with Gasteiger partial charge in [0.1, 0.15) is 12.2 Å². The first-order chi connectivity index (χ1) is 9.27. The molecule has 0 unspecified atom stereocenters. The monoisotopic (exact) mass is 288 g/mol. The highest BCUT2D eigenvalue weighted by Gasteiger charge is 2.64. The zero-order valence-corrected chi connectivity index (χ0v) is 12.3. The molecule has 0 aromatic heterocycles. The maximum absolute atomic E-state index is 10.5. The van der Waals surface area contributed by atoms with E-state index >= 15 is 0 Å². The number of quaternary nitrogens is 2. The summed E-state index contributed by atoms with van der Waals surface area (Å²) in [7, 11) is 0. The van der Waals surface area contributed by atoms with Crippen molar-refractivity contribution >= 4 is 0 Å². The van der Waals surface area contributed by atoms with Gasteiger partial charge in [0.15, 0.2) is 6.10 Å². The third kappa shape index (κ3) is 2.19. The highest BCUT2D eigenvalue weighted by molar-refractivity contribution is 4.94. The molecular formula is C14H28N2O4+2. The lowest BCUT2D eigenvalue weighted by molar-refractivity contribution is -1.18. The van der Waals surface area contributed by atoms with E-state index < -0.39 is 24.9 Å². The van der Waals surface area contributed by atoms with Crippen molar-refractivity contribution in [3.05, 3.63) is 0 Å². The molecule has 4 aliphatic heterocycles. The molecule has 0 spiro atoms. The molecule has 0 aliphatic carbocycles. The van der Waals surface area contributed by atoms with Crippen LogP contribution >= 0.6 is 0 Å². The topological polar surface area (TPSA) is 89.8 Å². The van der Waals surface area contributed by atoms with Crippen LogP contribution < -0.4 is 9.80 Å². The van der Waals surface area contributed by atoms with E-state index in [9.17, 15) is 15.3 Å². The molecule has 4 bridgehead atoms. The number of aliphatic hydroxyl groups excluding tert-OH is 4. The molecule has 4 aliphatic rings. The minimum Gasteiger partial charge on any atom is -0.394 e. The molecule has 4 heterocycles. The first-order valence-corrected chi connectivity index (χ1v) is 7.61. The zero-order chi connectivity index (χ0) is 14.7. The number of rotatable bonds is 4. The van der Waals surface area contributed by atoms with E-state index in [0.717, 1.165) is 26.2 Å². The van der Waals surface area contributed by atoms with Crippen LogP contribution in [0.5, 0.6) is 0 Å². The normalized spacial score (nSPS) is 51.0. The average Bonchev–Trinajstić information content (AvgIpc) is 2.32. The maximum atomic E-state index is 10.5. The van der Waals surface area contributed by atoms with Gasteiger partial charge in [0.25, 0.3) is 0 Å². The maximum Gasteiger partial charge on any atom is 0.242 e. The minimum atomic E-state index is -1.27. The Kier molecular flexibility index (Phi) is 3.40. The van der Waals surface area contributed by atoms with Crippen LogP contribution in [0, 0.1) is 10.8 Å². The molecule has 0 radical (unpaired) electrons. The van der Waals surface area contributed by atoms with Crippen molar-refractivity contribution in [2.24, 2.45) is 10.8 Å². The number of hydrogen-bond acceptors (Lipinski definition) is 4. The highest BCUT2D eigenvalue weighted by Crippen LogP contribution is 2.38. The van der Waals surface area contributed by atoms with Gasteiger partial charge in [-0.25, -0.2) is 0 Å². The SMILES string of the molecule is CC12C[NH+]3CC(C)(C[NH+](C1)C3[C@@H](O)[C@H](O)[C@H](O)CO)C2. The van der Waals surface area contributed by atoms with Crippen molar-refractivity contribution < 1.29 is 30.2 Å². The van der Waals surface area contributed by atoms with E-state index in [2.05, 4.69) is 13.8 Å². The van der Waals surface area contributed by atoms with Crippen LogP contribution in [0.4, 0.5) is 0 Å². The zero-order valence-electron chi connectivity index (χ0n) is 12.3. The molecule has 0 amide bonds. The largest absolute Gasteiger partial charge is 0.394 e. The molecule has 4 rings (SSSR count). The van der Waals surface area contributed by atoms with Crippen LogP contribution in [0.15, 0.2) is 0 Å². The van der Waals surface area contributed by atoms with Gasteiger partial charge < -0.3 is 20.4 Å². The Balaban J connectivity index is 1.80. The first-order valence-electron chi connectivity index (χ1n) is 7.61. The molecule has 4 saturated heterocycles. The van der Waals surface area contributed by atoms with Gasteiger partial charge in [0, 0.05) is 0 Å². The van der Waals surface area contributed by atoms with Gasteiger partial charge in [0.05, 0.1) is 43.6 Å². The number of aliphatic hydroxyl groups is 4. The van der Waals surface area contributed by atoms with Gasteiger partial charge in [-0.05, 0) is 20.3 Å². The van der Waals surface area contributed by atoms with Crippen LogP contribution in [0.1, 0.15) is 20.3 Å². The van der Waals surface area contributed by atoms with E-state index in [1.165, 1.54) is 16.2 Å². The lowest BCUT2D eigenvalue weighted by Gasteiger charge is -2.61. The van der Waals surface area contributed by atoms with Crippen molar-refractivity contribution in [1.82, 2.24) is 0 Å². The summed E-state index contributed by atoms with van der Waals surface area (Å²) < 4.78 is 0. The summed E-state index contributed by atoms with van der Waals surface area (Å²) >= 11 is 0. The molecule has 0 saturated carbocycles. The Morgan fingerprint density at radius 3 is 1.85 bits per heavy atom. The lowest BCUT2D eigenvalue weighted by Crippen LogP contribution is -3.45. The van der Waals surface area contributed by atoms with Crippen molar-refractivity contribution in [1.29, 1.82) is 0 Å². The second-order valence-corrected chi connectivity index (χ2v) is 8.03. The Morgan fingerprint density at radius 2 is 1.45 bits per heavy atom.